The average Bonchev–Trinajstić information content (AvgIpc) is 3.52. The second kappa shape index (κ2) is 8.57. The van der Waals surface area contributed by atoms with Crippen molar-refractivity contribution in [3.8, 4) is 22.8 Å². The van der Waals surface area contributed by atoms with Crippen LogP contribution in [0, 0.1) is 5.92 Å². The summed E-state index contributed by atoms with van der Waals surface area (Å²) >= 11 is 0. The first-order valence-corrected chi connectivity index (χ1v) is 12.4. The minimum atomic E-state index is -0.931. The minimum Gasteiger partial charge on any atom is -0.489 e. The Hall–Kier alpha value is -3.49. The Morgan fingerprint density at radius 2 is 1.92 bits per heavy atom. The number of aliphatic imine (C=N–C) groups is 2. The van der Waals surface area contributed by atoms with Crippen molar-refractivity contribution in [1.29, 1.82) is 0 Å². The highest BCUT2D eigenvalue weighted by atomic mass is 16.7. The van der Waals surface area contributed by atoms with Crippen LogP contribution < -0.4 is 4.74 Å². The molecule has 3 aromatic rings. The van der Waals surface area contributed by atoms with E-state index >= 15 is 0 Å². The zero-order chi connectivity index (χ0) is 24.9. The maximum atomic E-state index is 6.64. The normalized spacial score (nSPS) is 26.9. The molecule has 2 aromatic heterocycles. The summed E-state index contributed by atoms with van der Waals surface area (Å²) in [6.45, 7) is 8.70. The first-order chi connectivity index (χ1) is 17.4. The highest BCUT2D eigenvalue weighted by Gasteiger charge is 2.51. The molecule has 0 radical (unpaired) electrons. The van der Waals surface area contributed by atoms with Crippen molar-refractivity contribution in [2.75, 3.05) is 13.7 Å². The van der Waals surface area contributed by atoms with E-state index in [1.165, 1.54) is 0 Å². The van der Waals surface area contributed by atoms with E-state index < -0.39 is 5.72 Å². The lowest BCUT2D eigenvalue weighted by Crippen LogP contribution is -2.46. The number of hydrogen-bond donors (Lipinski definition) is 0. The molecule has 8 nitrogen and oxygen atoms in total. The van der Waals surface area contributed by atoms with Gasteiger partial charge in [0.25, 0.3) is 0 Å². The Labute approximate surface area is 211 Å². The van der Waals surface area contributed by atoms with Gasteiger partial charge in [-0.05, 0) is 75.9 Å². The topological polar surface area (TPSA) is 73.5 Å². The minimum absolute atomic E-state index is 0.0527. The van der Waals surface area contributed by atoms with Gasteiger partial charge in [0.15, 0.2) is 0 Å². The molecule has 3 aliphatic heterocycles. The van der Waals surface area contributed by atoms with Crippen LogP contribution in [0.5, 0.6) is 5.75 Å². The molecule has 6 rings (SSSR count). The predicted octanol–water partition coefficient (Wildman–Crippen LogP) is 4.98. The molecule has 0 N–H and O–H groups in total. The summed E-state index contributed by atoms with van der Waals surface area (Å²) in [6, 6.07) is 16.2. The highest BCUT2D eigenvalue weighted by molar-refractivity contribution is 5.84. The number of pyridine rings is 1. The number of aromatic nitrogens is 2. The zero-order valence-electron chi connectivity index (χ0n) is 20.9. The van der Waals surface area contributed by atoms with E-state index in [9.17, 15) is 0 Å². The van der Waals surface area contributed by atoms with Crippen molar-refractivity contribution in [1.82, 2.24) is 14.6 Å². The van der Waals surface area contributed by atoms with Crippen LogP contribution >= 0.6 is 0 Å². The number of ether oxygens (including phenoxy) is 2. The number of guanidine groups is 1. The van der Waals surface area contributed by atoms with E-state index in [-0.39, 0.29) is 11.7 Å². The molecule has 3 atom stereocenters. The van der Waals surface area contributed by atoms with Crippen molar-refractivity contribution < 1.29 is 14.3 Å². The van der Waals surface area contributed by atoms with Crippen molar-refractivity contribution in [2.45, 2.75) is 50.5 Å². The Morgan fingerprint density at radius 1 is 1.08 bits per heavy atom. The highest BCUT2D eigenvalue weighted by Crippen LogP contribution is 2.50. The largest absolute Gasteiger partial charge is 0.489 e. The van der Waals surface area contributed by atoms with Crippen LogP contribution in [0.4, 0.5) is 0 Å². The molecular weight excluding hydrogens is 454 g/mol. The second-order valence-corrected chi connectivity index (χ2v) is 10.3. The maximum Gasteiger partial charge on any atom is 0.247 e. The predicted molar refractivity (Wildman–Crippen MR) is 138 cm³/mol. The number of nitrogens with zero attached hydrogens (tertiary/aromatic N) is 5. The molecule has 186 valence electrons. The van der Waals surface area contributed by atoms with Gasteiger partial charge in [0.1, 0.15) is 17.7 Å². The Balaban J connectivity index is 1.41. The fraction of sp³-hybridized carbons (Fsp3) is 0.393. The van der Waals surface area contributed by atoms with Gasteiger partial charge in [0.05, 0.1) is 16.9 Å². The molecule has 5 heterocycles. The molecule has 0 bridgehead atoms. The van der Waals surface area contributed by atoms with Crippen LogP contribution in [0.1, 0.15) is 38.7 Å². The van der Waals surface area contributed by atoms with E-state index in [1.54, 1.807) is 5.06 Å². The summed E-state index contributed by atoms with van der Waals surface area (Å²) in [7, 11) is 1.82. The average molecular weight is 486 g/mol. The van der Waals surface area contributed by atoms with Gasteiger partial charge in [-0.25, -0.2) is 24.9 Å². The quantitative estimate of drug-likeness (QED) is 0.489. The first-order valence-electron chi connectivity index (χ1n) is 12.4. The lowest BCUT2D eigenvalue weighted by molar-refractivity contribution is -0.198. The SMILES string of the molecule is C=NC1=NC2(CC(C3CCOC(C)(C)C3)Oc3ccc(-c4cccc(-n5cccc5)n4)cc32)ON1C. The van der Waals surface area contributed by atoms with Crippen LogP contribution in [0.3, 0.4) is 0 Å². The van der Waals surface area contributed by atoms with E-state index in [1.807, 2.05) is 60.4 Å². The molecule has 3 unspecified atom stereocenters. The summed E-state index contributed by atoms with van der Waals surface area (Å²) in [5, 5.41) is 1.60. The molecule has 1 saturated heterocycles. The lowest BCUT2D eigenvalue weighted by atomic mass is 9.79. The van der Waals surface area contributed by atoms with Crippen molar-refractivity contribution in [3.63, 3.8) is 0 Å². The number of hydrogen-bond acceptors (Lipinski definition) is 7. The molecule has 3 aliphatic rings. The summed E-state index contributed by atoms with van der Waals surface area (Å²) < 4.78 is 14.6. The molecule has 1 spiro atoms. The van der Waals surface area contributed by atoms with Gasteiger partial charge in [-0.3, -0.25) is 0 Å². The van der Waals surface area contributed by atoms with Gasteiger partial charge >= 0.3 is 0 Å². The molecule has 0 aliphatic carbocycles. The third-order valence-electron chi connectivity index (χ3n) is 7.31. The molecule has 1 fully saturated rings. The van der Waals surface area contributed by atoms with E-state index in [2.05, 4.69) is 37.7 Å². The molecule has 36 heavy (non-hydrogen) atoms. The first kappa shape index (κ1) is 22.9. The fourth-order valence-corrected chi connectivity index (χ4v) is 5.61. The summed E-state index contributed by atoms with van der Waals surface area (Å²) in [6.07, 6.45) is 6.37. The maximum absolute atomic E-state index is 6.64. The molecular formula is C28H31N5O3. The Morgan fingerprint density at radius 3 is 2.67 bits per heavy atom. The standard InChI is InChI=1S/C28H31N5O3/c1-27(2)17-20(12-15-34-27)24-18-28(31-26(29-3)32(4)36-28)21-16-19(10-11-23(21)35-24)22-8-7-9-25(30-22)33-13-5-6-14-33/h5-11,13-14,16,20,24H,3,12,15,17-18H2,1-2,4H3. The van der Waals surface area contributed by atoms with Gasteiger partial charge < -0.3 is 14.0 Å². The van der Waals surface area contributed by atoms with Crippen LogP contribution in [0.25, 0.3) is 17.1 Å². The lowest BCUT2D eigenvalue weighted by Gasteiger charge is -2.44. The van der Waals surface area contributed by atoms with Gasteiger partial charge in [-0.2, -0.15) is 0 Å². The van der Waals surface area contributed by atoms with Crippen LogP contribution in [0.2, 0.25) is 0 Å². The van der Waals surface area contributed by atoms with Crippen LogP contribution in [-0.2, 0) is 15.3 Å². The smallest absolute Gasteiger partial charge is 0.247 e. The number of hydroxylamine groups is 2. The molecule has 8 heteroatoms. The molecule has 1 aromatic carbocycles. The van der Waals surface area contributed by atoms with Gasteiger partial charge in [-0.1, -0.05) is 6.07 Å². The second-order valence-electron chi connectivity index (χ2n) is 10.3. The van der Waals surface area contributed by atoms with Gasteiger partial charge in [0, 0.05) is 44.0 Å². The fourth-order valence-electron chi connectivity index (χ4n) is 5.61. The van der Waals surface area contributed by atoms with Crippen LogP contribution in [0.15, 0.2) is 70.9 Å². The van der Waals surface area contributed by atoms with Crippen molar-refractivity contribution in [2.24, 2.45) is 15.9 Å². The zero-order valence-corrected chi connectivity index (χ0v) is 20.9. The summed E-state index contributed by atoms with van der Waals surface area (Å²) in [4.78, 5) is 20.4. The van der Waals surface area contributed by atoms with E-state index in [0.717, 1.165) is 47.8 Å². The summed E-state index contributed by atoms with van der Waals surface area (Å²) in [5.74, 6) is 2.44. The van der Waals surface area contributed by atoms with Crippen molar-refractivity contribution in [3.05, 3.63) is 66.5 Å². The molecule has 0 saturated carbocycles. The number of rotatable bonds is 3. The third kappa shape index (κ3) is 4.00. The van der Waals surface area contributed by atoms with E-state index in [4.69, 9.17) is 24.3 Å². The number of fused-ring (bicyclic) bond motifs is 2. The van der Waals surface area contributed by atoms with Gasteiger partial charge in [-0.15, -0.1) is 0 Å². The Kier molecular flexibility index (Phi) is 5.46. The van der Waals surface area contributed by atoms with E-state index in [0.29, 0.717) is 18.3 Å². The summed E-state index contributed by atoms with van der Waals surface area (Å²) in [5.41, 5.74) is 1.61. The number of benzene rings is 1. The van der Waals surface area contributed by atoms with Crippen molar-refractivity contribution >= 4 is 12.7 Å². The van der Waals surface area contributed by atoms with Crippen LogP contribution in [-0.4, -0.2) is 52.7 Å². The monoisotopic (exact) mass is 485 g/mol. The van der Waals surface area contributed by atoms with Gasteiger partial charge in [0.2, 0.25) is 11.7 Å². The molecule has 0 amide bonds. The Bertz CT molecular complexity index is 1320. The third-order valence-corrected chi connectivity index (χ3v) is 7.31.